The van der Waals surface area contributed by atoms with Crippen molar-refractivity contribution in [2.24, 2.45) is 11.8 Å². The van der Waals surface area contributed by atoms with Gasteiger partial charge in [-0.15, -0.1) is 5.10 Å². The van der Waals surface area contributed by atoms with Crippen LogP contribution in [-0.2, 0) is 21.5 Å². The minimum Gasteiger partial charge on any atom is -0.378 e. The third-order valence-corrected chi connectivity index (χ3v) is 7.68. The summed E-state index contributed by atoms with van der Waals surface area (Å²) in [7, 11) is 0. The zero-order valence-electron chi connectivity index (χ0n) is 19.6. The molecule has 4 aliphatic heterocycles. The van der Waals surface area contributed by atoms with E-state index in [-0.39, 0.29) is 11.3 Å². The Morgan fingerprint density at radius 1 is 1.19 bits per heavy atom. The van der Waals surface area contributed by atoms with Gasteiger partial charge in [0, 0.05) is 31.5 Å². The van der Waals surface area contributed by atoms with Crippen molar-refractivity contribution in [2.75, 3.05) is 39.4 Å². The summed E-state index contributed by atoms with van der Waals surface area (Å²) in [6.07, 6.45) is 4.34. The van der Waals surface area contributed by atoms with Gasteiger partial charge in [-0.1, -0.05) is 50.3 Å². The van der Waals surface area contributed by atoms with E-state index in [2.05, 4.69) is 61.5 Å². The van der Waals surface area contributed by atoms with Crippen LogP contribution in [0.2, 0.25) is 0 Å². The van der Waals surface area contributed by atoms with Gasteiger partial charge in [-0.05, 0) is 16.9 Å². The van der Waals surface area contributed by atoms with Gasteiger partial charge in [0.15, 0.2) is 0 Å². The number of aromatic nitrogens is 3. The molecule has 4 fully saturated rings. The highest BCUT2D eigenvalue weighted by Gasteiger charge is 2.47. The first-order valence-corrected chi connectivity index (χ1v) is 12.1. The lowest BCUT2D eigenvalue weighted by atomic mass is 9.75. The molecule has 2 bridgehead atoms. The molecule has 2 aromatic rings. The molecule has 0 aliphatic carbocycles. The summed E-state index contributed by atoms with van der Waals surface area (Å²) in [5.41, 5.74) is 3.51. The smallest absolute Gasteiger partial charge is 0.231 e. The number of ether oxygens (including phenoxy) is 1. The number of benzene rings is 1. The number of morpholine rings is 1. The van der Waals surface area contributed by atoms with Crippen LogP contribution in [-0.4, -0.2) is 71.2 Å². The standard InChI is InChI=1S/C25H35N5O2/c1-25(2,3)20-6-4-18(5-7-20)23-17-30(27-26-23)15-21-14-19-8-9-29(21)16-22(19)24(31)28-10-12-32-13-11-28/h4-7,17,19,21-22H,8-16H2,1-3H3/p+1/t19-,21+,22-/m0/s1. The first-order chi connectivity index (χ1) is 15.4. The number of rotatable bonds is 4. The molecule has 4 saturated heterocycles. The molecule has 7 nitrogen and oxygen atoms in total. The fourth-order valence-electron chi connectivity index (χ4n) is 5.71. The fraction of sp³-hybridized carbons (Fsp3) is 0.640. The van der Waals surface area contributed by atoms with Gasteiger partial charge in [0.25, 0.3) is 0 Å². The molecule has 1 unspecified atom stereocenters. The summed E-state index contributed by atoms with van der Waals surface area (Å²) in [6.45, 7) is 12.5. The summed E-state index contributed by atoms with van der Waals surface area (Å²) >= 11 is 0. The van der Waals surface area contributed by atoms with E-state index in [1.807, 2.05) is 9.58 Å². The highest BCUT2D eigenvalue weighted by Crippen LogP contribution is 2.30. The Morgan fingerprint density at radius 2 is 1.94 bits per heavy atom. The third kappa shape index (κ3) is 4.33. The number of fused-ring (bicyclic) bond motifs is 3. The van der Waals surface area contributed by atoms with Crippen molar-refractivity contribution in [3.8, 4) is 11.3 Å². The number of nitrogens with zero attached hydrogens (tertiary/aromatic N) is 4. The Hall–Kier alpha value is -2.25. The maximum absolute atomic E-state index is 13.1. The normalized spacial score (nSPS) is 28.2. The summed E-state index contributed by atoms with van der Waals surface area (Å²) in [6, 6.07) is 9.19. The van der Waals surface area contributed by atoms with E-state index in [4.69, 9.17) is 4.74 Å². The molecule has 5 heterocycles. The van der Waals surface area contributed by atoms with E-state index >= 15 is 0 Å². The number of carbonyl (C=O) groups is 1. The lowest BCUT2D eigenvalue weighted by Crippen LogP contribution is -3.20. The number of quaternary nitrogens is 1. The number of hydrogen-bond donors (Lipinski definition) is 1. The lowest BCUT2D eigenvalue weighted by Gasteiger charge is -2.47. The maximum Gasteiger partial charge on any atom is 0.231 e. The minimum absolute atomic E-state index is 0.147. The van der Waals surface area contributed by atoms with E-state index < -0.39 is 0 Å². The van der Waals surface area contributed by atoms with E-state index in [1.54, 1.807) is 4.90 Å². The Bertz CT molecular complexity index is 942. The zero-order valence-corrected chi connectivity index (χ0v) is 19.6. The Balaban J connectivity index is 1.22. The molecule has 6 rings (SSSR count). The van der Waals surface area contributed by atoms with E-state index in [0.717, 1.165) is 56.8 Å². The van der Waals surface area contributed by atoms with Crippen molar-refractivity contribution < 1.29 is 14.4 Å². The number of nitrogens with one attached hydrogen (secondary N) is 1. The highest BCUT2D eigenvalue weighted by atomic mass is 16.5. The minimum atomic E-state index is 0.147. The van der Waals surface area contributed by atoms with Crippen molar-refractivity contribution in [1.82, 2.24) is 19.9 Å². The van der Waals surface area contributed by atoms with Crippen molar-refractivity contribution >= 4 is 5.91 Å². The maximum atomic E-state index is 13.1. The van der Waals surface area contributed by atoms with Crippen molar-refractivity contribution in [3.63, 3.8) is 0 Å². The molecule has 0 spiro atoms. The Labute approximate surface area is 190 Å². The van der Waals surface area contributed by atoms with Gasteiger partial charge >= 0.3 is 0 Å². The molecule has 172 valence electrons. The van der Waals surface area contributed by atoms with Crippen LogP contribution in [0.1, 0.15) is 39.2 Å². The van der Waals surface area contributed by atoms with Crippen molar-refractivity contribution in [3.05, 3.63) is 36.0 Å². The molecule has 1 aromatic heterocycles. The number of carbonyl (C=O) groups excluding carboxylic acids is 1. The van der Waals surface area contributed by atoms with Crippen LogP contribution in [0.4, 0.5) is 0 Å². The second-order valence-corrected chi connectivity index (χ2v) is 10.8. The van der Waals surface area contributed by atoms with Gasteiger partial charge in [-0.25, -0.2) is 4.68 Å². The zero-order chi connectivity index (χ0) is 22.3. The molecule has 1 amide bonds. The molecule has 4 aliphatic rings. The lowest BCUT2D eigenvalue weighted by molar-refractivity contribution is -0.945. The average molecular weight is 439 g/mol. The molecule has 32 heavy (non-hydrogen) atoms. The van der Waals surface area contributed by atoms with E-state index in [1.165, 1.54) is 5.56 Å². The monoisotopic (exact) mass is 438 g/mol. The van der Waals surface area contributed by atoms with Gasteiger partial charge in [0.1, 0.15) is 11.7 Å². The molecular formula is C25H36N5O2+. The van der Waals surface area contributed by atoms with E-state index in [9.17, 15) is 4.79 Å². The number of hydrogen-bond acceptors (Lipinski definition) is 4. The van der Waals surface area contributed by atoms with Gasteiger partial charge in [-0.2, -0.15) is 0 Å². The molecule has 0 saturated carbocycles. The topological polar surface area (TPSA) is 64.7 Å². The Morgan fingerprint density at radius 3 is 2.59 bits per heavy atom. The average Bonchev–Trinajstić information content (AvgIpc) is 3.27. The van der Waals surface area contributed by atoms with Crippen LogP contribution >= 0.6 is 0 Å². The fourth-order valence-corrected chi connectivity index (χ4v) is 5.71. The first kappa shape index (κ1) is 21.6. The SMILES string of the molecule is CC(C)(C)c1ccc(-c2cn(C[C@H]3C[C@@H]4CC[NH+]3C[C@@H]4C(=O)N3CCOCC3)nn2)cc1. The Kier molecular flexibility index (Phi) is 5.80. The predicted molar refractivity (Wildman–Crippen MR) is 122 cm³/mol. The summed E-state index contributed by atoms with van der Waals surface area (Å²) in [4.78, 5) is 16.7. The largest absolute Gasteiger partial charge is 0.378 e. The molecule has 1 aromatic carbocycles. The van der Waals surface area contributed by atoms with Crippen molar-refractivity contribution in [1.29, 1.82) is 0 Å². The molecule has 1 N–H and O–H groups in total. The molecule has 0 radical (unpaired) electrons. The van der Waals surface area contributed by atoms with Crippen LogP contribution < -0.4 is 4.90 Å². The molecule has 7 heteroatoms. The quantitative estimate of drug-likeness (QED) is 0.784. The van der Waals surface area contributed by atoms with Crippen LogP contribution in [0.25, 0.3) is 11.3 Å². The number of piperidine rings is 3. The van der Waals surface area contributed by atoms with Crippen LogP contribution in [0, 0.1) is 11.8 Å². The molecule has 4 atom stereocenters. The van der Waals surface area contributed by atoms with Crippen molar-refractivity contribution in [2.45, 2.75) is 51.6 Å². The number of amides is 1. The van der Waals surface area contributed by atoms with Gasteiger partial charge < -0.3 is 14.5 Å². The second kappa shape index (κ2) is 8.60. The van der Waals surface area contributed by atoms with Crippen LogP contribution in [0.15, 0.2) is 30.5 Å². The predicted octanol–water partition coefficient (Wildman–Crippen LogP) is 1.39. The molecular weight excluding hydrogens is 402 g/mol. The first-order valence-electron chi connectivity index (χ1n) is 12.1. The summed E-state index contributed by atoms with van der Waals surface area (Å²) < 4.78 is 7.43. The van der Waals surface area contributed by atoms with Gasteiger partial charge in [-0.3, -0.25) is 4.79 Å². The van der Waals surface area contributed by atoms with Gasteiger partial charge in [0.05, 0.1) is 45.0 Å². The highest BCUT2D eigenvalue weighted by molar-refractivity contribution is 5.79. The second-order valence-electron chi connectivity index (χ2n) is 10.8. The summed E-state index contributed by atoms with van der Waals surface area (Å²) in [5.74, 6) is 1.04. The third-order valence-electron chi connectivity index (χ3n) is 7.68. The van der Waals surface area contributed by atoms with Gasteiger partial charge in [0.2, 0.25) is 5.91 Å². The van der Waals surface area contributed by atoms with Crippen LogP contribution in [0.5, 0.6) is 0 Å². The van der Waals surface area contributed by atoms with Crippen LogP contribution in [0.3, 0.4) is 0 Å². The van der Waals surface area contributed by atoms with E-state index in [0.29, 0.717) is 31.1 Å². The summed E-state index contributed by atoms with van der Waals surface area (Å²) in [5, 5.41) is 8.87.